The van der Waals surface area contributed by atoms with E-state index in [9.17, 15) is 9.59 Å². The molecule has 3 heterocycles. The van der Waals surface area contributed by atoms with Gasteiger partial charge in [0.05, 0.1) is 12.0 Å². The van der Waals surface area contributed by atoms with E-state index in [1.165, 1.54) is 0 Å². The largest absolute Gasteiger partial charge is 0.486 e. The highest BCUT2D eigenvalue weighted by molar-refractivity contribution is 6.01. The lowest BCUT2D eigenvalue weighted by molar-refractivity contribution is -0.00619. The Hall–Kier alpha value is -3.74. The highest BCUT2D eigenvalue weighted by Gasteiger charge is 2.44. The summed E-state index contributed by atoms with van der Waals surface area (Å²) >= 11 is 0. The summed E-state index contributed by atoms with van der Waals surface area (Å²) in [6.07, 6.45) is 1.62. The molecule has 3 aromatic rings. The first-order valence-electron chi connectivity index (χ1n) is 12.0. The first-order valence-corrected chi connectivity index (χ1v) is 12.0. The van der Waals surface area contributed by atoms with Crippen LogP contribution in [0.2, 0.25) is 0 Å². The van der Waals surface area contributed by atoms with Gasteiger partial charge in [-0.3, -0.25) is 9.59 Å². The Morgan fingerprint density at radius 3 is 2.43 bits per heavy atom. The number of nitrogens with zero attached hydrogens (tertiary/aromatic N) is 3. The number of benzene rings is 2. The van der Waals surface area contributed by atoms with E-state index < -0.39 is 5.60 Å². The Labute approximate surface area is 205 Å². The van der Waals surface area contributed by atoms with Gasteiger partial charge in [0.1, 0.15) is 11.4 Å². The Kier molecular flexibility index (Phi) is 5.79. The van der Waals surface area contributed by atoms with E-state index in [0.29, 0.717) is 55.2 Å². The maximum absolute atomic E-state index is 13.3. The number of hydrogen-bond acceptors (Lipinski definition) is 6. The predicted octanol–water partition coefficient (Wildman–Crippen LogP) is 5.09. The molecule has 7 nitrogen and oxygen atoms in total. The molecule has 1 aromatic heterocycles. The van der Waals surface area contributed by atoms with Gasteiger partial charge < -0.3 is 15.0 Å². The zero-order valence-electron chi connectivity index (χ0n) is 20.6. The summed E-state index contributed by atoms with van der Waals surface area (Å²) in [5.41, 5.74) is 5.33. The van der Waals surface area contributed by atoms with Crippen LogP contribution in [0.25, 0.3) is 0 Å². The van der Waals surface area contributed by atoms with Gasteiger partial charge >= 0.3 is 0 Å². The van der Waals surface area contributed by atoms with Crippen LogP contribution in [-0.4, -0.2) is 45.2 Å². The van der Waals surface area contributed by atoms with Crippen LogP contribution < -0.4 is 10.1 Å². The van der Waals surface area contributed by atoms with Gasteiger partial charge in [-0.25, -0.2) is 9.97 Å². The molecule has 2 aromatic carbocycles. The average Bonchev–Trinajstić information content (AvgIpc) is 2.80. The summed E-state index contributed by atoms with van der Waals surface area (Å²) in [5, 5.41) is 3.20. The summed E-state index contributed by atoms with van der Waals surface area (Å²) in [7, 11) is 0. The summed E-state index contributed by atoms with van der Waals surface area (Å²) in [5.74, 6) is 1.32. The van der Waals surface area contributed by atoms with Crippen molar-refractivity contribution in [2.75, 3.05) is 18.4 Å². The molecule has 1 fully saturated rings. The average molecular weight is 471 g/mol. The number of hydrogen-bond donors (Lipinski definition) is 1. The topological polar surface area (TPSA) is 84.4 Å². The van der Waals surface area contributed by atoms with Gasteiger partial charge in [0.15, 0.2) is 5.78 Å². The number of piperidine rings is 1. The van der Waals surface area contributed by atoms with Gasteiger partial charge in [0, 0.05) is 48.6 Å². The number of carbonyl (C=O) groups is 2. The number of aryl methyl sites for hydroxylation is 4. The van der Waals surface area contributed by atoms with Crippen molar-refractivity contribution in [1.29, 1.82) is 0 Å². The predicted molar refractivity (Wildman–Crippen MR) is 135 cm³/mol. The third kappa shape index (κ3) is 4.63. The summed E-state index contributed by atoms with van der Waals surface area (Å²) in [6, 6.07) is 13.3. The lowest BCUT2D eigenvalue weighted by atomic mass is 9.81. The fourth-order valence-corrected chi connectivity index (χ4v) is 5.16. The number of carbonyl (C=O) groups excluding carboxylic acids is 2. The zero-order chi connectivity index (χ0) is 24.7. The van der Waals surface area contributed by atoms with E-state index >= 15 is 0 Å². The molecule has 180 valence electrons. The molecular weight excluding hydrogens is 440 g/mol. The van der Waals surface area contributed by atoms with Crippen molar-refractivity contribution in [3.05, 3.63) is 76.1 Å². The molecule has 2 aliphatic heterocycles. The third-order valence-electron chi connectivity index (χ3n) is 6.83. The normalized spacial score (nSPS) is 16.6. The molecule has 0 atom stereocenters. The van der Waals surface area contributed by atoms with Crippen LogP contribution in [0.15, 0.2) is 42.5 Å². The van der Waals surface area contributed by atoms with Gasteiger partial charge in [-0.15, -0.1) is 0 Å². The van der Waals surface area contributed by atoms with Crippen molar-refractivity contribution in [1.82, 2.24) is 14.9 Å². The highest BCUT2D eigenvalue weighted by atomic mass is 16.5. The fraction of sp³-hybridized carbons (Fsp3) is 0.357. The molecule has 35 heavy (non-hydrogen) atoms. The Morgan fingerprint density at radius 2 is 1.71 bits per heavy atom. The third-order valence-corrected chi connectivity index (χ3v) is 6.83. The maximum atomic E-state index is 13.3. The van der Waals surface area contributed by atoms with Gasteiger partial charge in [0.2, 0.25) is 5.95 Å². The molecule has 0 unspecified atom stereocenters. The lowest BCUT2D eigenvalue weighted by Gasteiger charge is -2.44. The first kappa shape index (κ1) is 23.0. The van der Waals surface area contributed by atoms with E-state index in [1.807, 2.05) is 75.1 Å². The molecule has 1 N–H and O–H groups in total. The van der Waals surface area contributed by atoms with Crippen LogP contribution in [0.5, 0.6) is 5.75 Å². The number of ether oxygens (including phenoxy) is 1. The second-order valence-electron chi connectivity index (χ2n) is 9.82. The first-order chi connectivity index (χ1) is 16.7. The van der Waals surface area contributed by atoms with Crippen molar-refractivity contribution in [2.24, 2.45) is 0 Å². The molecule has 5 rings (SSSR count). The van der Waals surface area contributed by atoms with Gasteiger partial charge in [-0.05, 0) is 69.2 Å². The number of aromatic nitrogens is 2. The SMILES string of the molecule is Cc1cc(C)c2c(c1)C(=O)CC1(CCN(C(=O)c3cccc(Nc4nc(C)cc(C)n4)c3)CC1)O2. The minimum absolute atomic E-state index is 0.0285. The number of anilines is 2. The minimum Gasteiger partial charge on any atom is -0.486 e. The second kappa shape index (κ2) is 8.80. The summed E-state index contributed by atoms with van der Waals surface area (Å²) < 4.78 is 6.47. The molecule has 1 saturated heterocycles. The zero-order valence-corrected chi connectivity index (χ0v) is 20.6. The highest BCUT2D eigenvalue weighted by Crippen LogP contribution is 2.41. The molecule has 1 amide bonds. The molecule has 0 aliphatic carbocycles. The quantitative estimate of drug-likeness (QED) is 0.574. The molecule has 2 aliphatic rings. The number of rotatable bonds is 3. The number of ketones is 1. The monoisotopic (exact) mass is 470 g/mol. The molecular formula is C28H30N4O3. The van der Waals surface area contributed by atoms with Crippen molar-refractivity contribution in [2.45, 2.75) is 52.6 Å². The van der Waals surface area contributed by atoms with Crippen LogP contribution in [0.3, 0.4) is 0 Å². The number of Topliss-reactive ketones (excluding diaryl/α,β-unsaturated/α-hetero) is 1. The van der Waals surface area contributed by atoms with E-state index in [-0.39, 0.29) is 11.7 Å². The van der Waals surface area contributed by atoms with E-state index in [0.717, 1.165) is 28.2 Å². The van der Waals surface area contributed by atoms with Crippen LogP contribution in [0, 0.1) is 27.7 Å². The number of nitrogens with one attached hydrogen (secondary N) is 1. The Balaban J connectivity index is 1.28. The molecule has 7 heteroatoms. The molecule has 0 saturated carbocycles. The smallest absolute Gasteiger partial charge is 0.253 e. The van der Waals surface area contributed by atoms with Gasteiger partial charge in [-0.1, -0.05) is 12.1 Å². The van der Waals surface area contributed by atoms with Crippen molar-refractivity contribution in [3.8, 4) is 5.75 Å². The maximum Gasteiger partial charge on any atom is 0.253 e. The van der Waals surface area contributed by atoms with Crippen LogP contribution in [-0.2, 0) is 0 Å². The van der Waals surface area contributed by atoms with E-state index in [1.54, 1.807) is 0 Å². The van der Waals surface area contributed by atoms with Crippen molar-refractivity contribution >= 4 is 23.3 Å². The lowest BCUT2D eigenvalue weighted by Crippen LogP contribution is -2.52. The minimum atomic E-state index is -0.537. The Bertz CT molecular complexity index is 1310. The molecule has 1 spiro atoms. The van der Waals surface area contributed by atoms with Crippen LogP contribution in [0.1, 0.15) is 62.5 Å². The standard InChI is InChI=1S/C28H30N4O3/c1-17-12-18(2)25-23(13-17)24(33)16-28(35-25)8-10-32(11-9-28)26(34)21-6-5-7-22(15-21)31-27-29-19(3)14-20(4)30-27/h5-7,12-15H,8-11,16H2,1-4H3,(H,29,30,31). The number of fused-ring (bicyclic) bond motifs is 1. The molecule has 0 radical (unpaired) electrons. The Morgan fingerprint density at radius 1 is 1.00 bits per heavy atom. The van der Waals surface area contributed by atoms with E-state index in [2.05, 4.69) is 15.3 Å². The second-order valence-corrected chi connectivity index (χ2v) is 9.82. The van der Waals surface area contributed by atoms with E-state index in [4.69, 9.17) is 4.74 Å². The van der Waals surface area contributed by atoms with Gasteiger partial charge in [0.25, 0.3) is 5.91 Å². The summed E-state index contributed by atoms with van der Waals surface area (Å²) in [6.45, 7) is 8.92. The summed E-state index contributed by atoms with van der Waals surface area (Å²) in [4.78, 5) is 36.9. The molecule has 0 bridgehead atoms. The fourth-order valence-electron chi connectivity index (χ4n) is 5.16. The van der Waals surface area contributed by atoms with Crippen molar-refractivity contribution < 1.29 is 14.3 Å². The number of likely N-dealkylation sites (tertiary alicyclic amines) is 1. The van der Waals surface area contributed by atoms with Crippen LogP contribution >= 0.6 is 0 Å². The van der Waals surface area contributed by atoms with Crippen molar-refractivity contribution in [3.63, 3.8) is 0 Å². The van der Waals surface area contributed by atoms with Crippen LogP contribution in [0.4, 0.5) is 11.6 Å². The van der Waals surface area contributed by atoms with Gasteiger partial charge in [-0.2, -0.15) is 0 Å². The number of amides is 1.